The van der Waals surface area contributed by atoms with Crippen molar-refractivity contribution in [3.8, 4) is 89.6 Å². The number of aryl methyl sites for hydroxylation is 1. The van der Waals surface area contributed by atoms with Crippen molar-refractivity contribution in [3.05, 3.63) is 315 Å². The normalized spacial score (nSPS) is 12.0. The molecule has 91 heavy (non-hydrogen) atoms. The van der Waals surface area contributed by atoms with E-state index in [0.29, 0.717) is 0 Å². The molecule has 5 heterocycles. The highest BCUT2D eigenvalue weighted by Gasteiger charge is 2.26. The second-order valence-electron chi connectivity index (χ2n) is 24.9. The number of imidazole rings is 3. The van der Waals surface area contributed by atoms with Crippen molar-refractivity contribution in [1.29, 1.82) is 0 Å². The first-order valence-corrected chi connectivity index (χ1v) is 31.2. The molecule has 0 atom stereocenters. The van der Waals surface area contributed by atoms with Gasteiger partial charge in [-0.05, 0) is 181 Å². The fourth-order valence-electron chi connectivity index (χ4n) is 13.8. The molecule has 17 aromatic rings. The monoisotopic (exact) mass is 1170 g/mol. The van der Waals surface area contributed by atoms with E-state index in [1.165, 1.54) is 5.56 Å². The molecule has 0 N–H and O–H groups in total. The highest BCUT2D eigenvalue weighted by Crippen LogP contribution is 2.43. The van der Waals surface area contributed by atoms with Crippen molar-refractivity contribution in [2.24, 2.45) is 0 Å². The van der Waals surface area contributed by atoms with Gasteiger partial charge in [0.25, 0.3) is 6.33 Å². The third-order valence-electron chi connectivity index (χ3n) is 18.2. The summed E-state index contributed by atoms with van der Waals surface area (Å²) in [6.07, 6.45) is 6.01. The molecule has 0 saturated heterocycles. The Balaban J connectivity index is 0.903. The topological polar surface area (TPSA) is 48.9 Å². The van der Waals surface area contributed by atoms with Crippen molar-refractivity contribution in [2.45, 2.75) is 33.1 Å². The zero-order valence-electron chi connectivity index (χ0n) is 50.9. The lowest BCUT2D eigenvalue weighted by Crippen LogP contribution is -2.31. The van der Waals surface area contributed by atoms with Crippen molar-refractivity contribution in [2.75, 3.05) is 0 Å². The SMILES string of the molecule is Cc1cccc2c1nc1n(-c3cc(C(C)(C)C)ccn3)c3cc4c(cc3n21)c1ccccc1n4-c1cccc(-n2[c-][n+](-c3c(-c4cc(-c5ccccc5)cc(-c5ccccc5)c4)cccc3-c3cc(-c4ccccc4)cc(-c4ccccc4)c3)c3ccccc32)c1. The van der Waals surface area contributed by atoms with E-state index >= 15 is 0 Å². The Kier molecular flexibility index (Phi) is 12.5. The maximum absolute atomic E-state index is 5.41. The van der Waals surface area contributed by atoms with Gasteiger partial charge in [0.2, 0.25) is 5.78 Å². The fourth-order valence-corrected chi connectivity index (χ4v) is 13.8. The van der Waals surface area contributed by atoms with Gasteiger partial charge in [0.05, 0.1) is 55.5 Å². The summed E-state index contributed by atoms with van der Waals surface area (Å²) in [6, 6.07) is 106. The molecule has 7 nitrogen and oxygen atoms in total. The molecule has 0 radical (unpaired) electrons. The zero-order chi connectivity index (χ0) is 60.9. The molecule has 0 aliphatic rings. The second-order valence-corrected chi connectivity index (χ2v) is 24.9. The number of rotatable bonds is 10. The van der Waals surface area contributed by atoms with E-state index in [4.69, 9.17) is 9.97 Å². The van der Waals surface area contributed by atoms with Crippen LogP contribution in [0.25, 0.3) is 150 Å². The number of hydrogen-bond acceptors (Lipinski definition) is 2. The Bertz CT molecular complexity index is 5420. The zero-order valence-corrected chi connectivity index (χ0v) is 50.9. The molecule has 0 saturated carbocycles. The number of hydrogen-bond donors (Lipinski definition) is 0. The second kappa shape index (κ2) is 21.3. The molecule has 0 amide bonds. The Hall–Kier alpha value is -11.7. The minimum atomic E-state index is -0.0893. The van der Waals surface area contributed by atoms with Crippen LogP contribution >= 0.6 is 0 Å². The predicted molar refractivity (Wildman–Crippen MR) is 375 cm³/mol. The van der Waals surface area contributed by atoms with Gasteiger partial charge >= 0.3 is 0 Å². The summed E-state index contributed by atoms with van der Waals surface area (Å²) < 4.78 is 11.6. The summed E-state index contributed by atoms with van der Waals surface area (Å²) in [5.41, 5.74) is 27.2. The standard InChI is InChI=1S/C84H61N7/c1-55-24-21-41-76-81(55)86-83-90(76)78-52-72-71-35-17-18-38-73(71)89(77(72)53-79(78)91(83)80-50-66(42-43-85-80)84(2,3)4)68-34-22-33-67(51-68)87-54-88(75-40-20-19-39-74(75)87)82-69(64-46-60(56-25-9-5-10-26-56)44-61(47-64)57-27-11-6-12-28-57)36-23-37-70(82)65-48-62(58-29-13-7-14-30-58)45-63(49-65)59-31-15-8-16-32-59/h5-53H,1-4H3. The van der Waals surface area contributed by atoms with Crippen LogP contribution in [0.2, 0.25) is 0 Å². The Morgan fingerprint density at radius 2 is 0.890 bits per heavy atom. The van der Waals surface area contributed by atoms with Crippen LogP contribution in [0.3, 0.4) is 0 Å². The Labute approximate surface area is 527 Å². The molecule has 0 bridgehead atoms. The molecule has 0 unspecified atom stereocenters. The first-order chi connectivity index (χ1) is 44.7. The Morgan fingerprint density at radius 1 is 0.374 bits per heavy atom. The summed E-state index contributed by atoms with van der Waals surface area (Å²) in [4.78, 5) is 10.5. The molecule has 432 valence electrons. The van der Waals surface area contributed by atoms with Crippen LogP contribution in [0.1, 0.15) is 31.9 Å². The highest BCUT2D eigenvalue weighted by atomic mass is 15.2. The maximum Gasteiger partial charge on any atom is 0.269 e. The molecule has 0 spiro atoms. The van der Waals surface area contributed by atoms with Gasteiger partial charge in [-0.15, -0.1) is 0 Å². The number of para-hydroxylation sites is 5. The Morgan fingerprint density at radius 3 is 1.49 bits per heavy atom. The first kappa shape index (κ1) is 53.6. The van der Waals surface area contributed by atoms with Gasteiger partial charge in [-0.1, -0.05) is 221 Å². The van der Waals surface area contributed by atoms with E-state index in [1.54, 1.807) is 0 Å². The summed E-state index contributed by atoms with van der Waals surface area (Å²) in [6.45, 7) is 8.91. The smallest absolute Gasteiger partial charge is 0.269 e. The van der Waals surface area contributed by atoms with Crippen LogP contribution in [0.4, 0.5) is 0 Å². The van der Waals surface area contributed by atoms with Crippen molar-refractivity contribution in [1.82, 2.24) is 28.1 Å². The molecule has 5 aromatic heterocycles. The average molecular weight is 1170 g/mol. The highest BCUT2D eigenvalue weighted by molar-refractivity contribution is 6.14. The van der Waals surface area contributed by atoms with Gasteiger partial charge in [0.15, 0.2) is 0 Å². The van der Waals surface area contributed by atoms with Crippen molar-refractivity contribution >= 4 is 60.7 Å². The van der Waals surface area contributed by atoms with E-state index in [-0.39, 0.29) is 5.41 Å². The number of aromatic nitrogens is 7. The van der Waals surface area contributed by atoms with Gasteiger partial charge in [0, 0.05) is 22.7 Å². The van der Waals surface area contributed by atoms with Gasteiger partial charge in [-0.2, -0.15) is 0 Å². The molecule has 7 heteroatoms. The lowest BCUT2D eigenvalue weighted by atomic mass is 9.88. The quantitative estimate of drug-likeness (QED) is 0.101. The summed E-state index contributed by atoms with van der Waals surface area (Å²) in [5.74, 6) is 1.66. The third kappa shape index (κ3) is 9.07. The van der Waals surface area contributed by atoms with E-state index in [1.807, 2.05) is 6.20 Å². The van der Waals surface area contributed by atoms with E-state index < -0.39 is 0 Å². The molecule has 12 aromatic carbocycles. The largest absolute Gasteiger partial charge is 0.310 e. The lowest BCUT2D eigenvalue weighted by Gasteiger charge is -2.20. The van der Waals surface area contributed by atoms with E-state index in [9.17, 15) is 0 Å². The molecule has 17 rings (SSSR count). The van der Waals surface area contributed by atoms with Crippen LogP contribution in [0, 0.1) is 13.3 Å². The van der Waals surface area contributed by atoms with E-state index in [0.717, 1.165) is 156 Å². The fraction of sp³-hybridized carbons (Fsp3) is 0.0595. The molecular formula is C84H61N7. The summed E-state index contributed by atoms with van der Waals surface area (Å²) >= 11 is 0. The van der Waals surface area contributed by atoms with Crippen LogP contribution in [0.15, 0.2) is 297 Å². The summed E-state index contributed by atoms with van der Waals surface area (Å²) in [7, 11) is 0. The van der Waals surface area contributed by atoms with Crippen LogP contribution in [-0.4, -0.2) is 28.1 Å². The van der Waals surface area contributed by atoms with Crippen LogP contribution < -0.4 is 4.57 Å². The van der Waals surface area contributed by atoms with Crippen LogP contribution in [0.5, 0.6) is 0 Å². The number of benzene rings is 12. The van der Waals surface area contributed by atoms with Gasteiger partial charge in [-0.3, -0.25) is 18.1 Å². The molecule has 0 aliphatic carbocycles. The van der Waals surface area contributed by atoms with Crippen molar-refractivity contribution in [3.63, 3.8) is 0 Å². The molecular weight excluding hydrogens is 1110 g/mol. The number of nitrogens with zero attached hydrogens (tertiary/aromatic N) is 7. The van der Waals surface area contributed by atoms with Crippen molar-refractivity contribution < 1.29 is 4.57 Å². The molecule has 0 aliphatic heterocycles. The van der Waals surface area contributed by atoms with Gasteiger partial charge < -0.3 is 4.57 Å². The van der Waals surface area contributed by atoms with E-state index in [2.05, 4.69) is 348 Å². The predicted octanol–water partition coefficient (Wildman–Crippen LogP) is 20.6. The molecule has 0 fully saturated rings. The number of pyridine rings is 1. The van der Waals surface area contributed by atoms with Crippen LogP contribution in [-0.2, 0) is 5.41 Å². The average Bonchev–Trinajstić information content (AvgIpc) is 1.55. The first-order valence-electron chi connectivity index (χ1n) is 31.2. The van der Waals surface area contributed by atoms with Gasteiger partial charge in [0.1, 0.15) is 5.82 Å². The lowest BCUT2D eigenvalue weighted by molar-refractivity contribution is -0.571. The maximum atomic E-state index is 5.41. The third-order valence-corrected chi connectivity index (χ3v) is 18.2. The summed E-state index contributed by atoms with van der Waals surface area (Å²) in [5, 5.41) is 2.31. The number of fused-ring (bicyclic) bond motifs is 9. The minimum absolute atomic E-state index is 0.0893. The minimum Gasteiger partial charge on any atom is -0.310 e. The van der Waals surface area contributed by atoms with Gasteiger partial charge in [-0.25, -0.2) is 9.97 Å².